The minimum Gasteiger partial charge on any atom is -0.336 e. The van der Waals surface area contributed by atoms with Gasteiger partial charge in [0, 0.05) is 38.6 Å². The number of nitrogens with zero attached hydrogens (tertiary/aromatic N) is 3. The zero-order valence-corrected chi connectivity index (χ0v) is 15.2. The van der Waals surface area contributed by atoms with E-state index in [1.807, 2.05) is 0 Å². The molecule has 6 nitrogen and oxygen atoms in total. The molecule has 0 spiro atoms. The minimum absolute atomic E-state index is 0.00202. The van der Waals surface area contributed by atoms with Gasteiger partial charge in [0.1, 0.15) is 0 Å². The van der Waals surface area contributed by atoms with E-state index in [-0.39, 0.29) is 17.0 Å². The first kappa shape index (κ1) is 19.8. The molecule has 1 N–H and O–H groups in total. The second-order valence-electron chi connectivity index (χ2n) is 6.37. The van der Waals surface area contributed by atoms with Gasteiger partial charge in [0.15, 0.2) is 17.5 Å². The van der Waals surface area contributed by atoms with Gasteiger partial charge < -0.3 is 15.1 Å². The van der Waals surface area contributed by atoms with Crippen LogP contribution in [-0.4, -0.2) is 59.3 Å². The number of piperazine rings is 1. The highest BCUT2D eigenvalue weighted by molar-refractivity contribution is 6.05. The molecule has 1 aliphatic rings. The lowest BCUT2D eigenvalue weighted by Crippen LogP contribution is -2.48. The van der Waals surface area contributed by atoms with Crippen molar-refractivity contribution in [3.8, 4) is 0 Å². The summed E-state index contributed by atoms with van der Waals surface area (Å²) in [7, 11) is 0. The molecule has 2 heterocycles. The van der Waals surface area contributed by atoms with Crippen molar-refractivity contribution in [2.45, 2.75) is 6.92 Å². The van der Waals surface area contributed by atoms with E-state index >= 15 is 0 Å². The highest BCUT2D eigenvalue weighted by Crippen LogP contribution is 2.20. The Morgan fingerprint density at radius 2 is 1.71 bits per heavy atom. The van der Waals surface area contributed by atoms with Gasteiger partial charge in [0.05, 0.1) is 16.8 Å². The zero-order chi connectivity index (χ0) is 20.3. The number of rotatable bonds is 4. The SMILES string of the molecule is CCN1CCN(C(=O)c2cncc(C(=O)Nc3ccc(F)c(F)c3F)c2)CC1. The second kappa shape index (κ2) is 8.39. The third-order valence-corrected chi connectivity index (χ3v) is 4.64. The molecule has 0 radical (unpaired) electrons. The predicted molar refractivity (Wildman–Crippen MR) is 96.5 cm³/mol. The smallest absolute Gasteiger partial charge is 0.257 e. The number of pyridine rings is 1. The van der Waals surface area contributed by atoms with Crippen molar-refractivity contribution in [3.63, 3.8) is 0 Å². The molecule has 1 saturated heterocycles. The topological polar surface area (TPSA) is 65.5 Å². The number of hydrogen-bond acceptors (Lipinski definition) is 4. The van der Waals surface area contributed by atoms with Crippen molar-refractivity contribution in [1.82, 2.24) is 14.8 Å². The summed E-state index contributed by atoms with van der Waals surface area (Å²) in [6, 6.07) is 2.97. The van der Waals surface area contributed by atoms with Crippen LogP contribution in [0.15, 0.2) is 30.6 Å². The first-order valence-electron chi connectivity index (χ1n) is 8.82. The summed E-state index contributed by atoms with van der Waals surface area (Å²) in [4.78, 5) is 32.8. The van der Waals surface area contributed by atoms with Crippen molar-refractivity contribution in [2.75, 3.05) is 38.0 Å². The number of aromatic nitrogens is 1. The number of carbonyl (C=O) groups is 2. The fourth-order valence-electron chi connectivity index (χ4n) is 2.95. The Hall–Kier alpha value is -2.94. The molecule has 0 atom stereocenters. The van der Waals surface area contributed by atoms with Crippen molar-refractivity contribution in [1.29, 1.82) is 0 Å². The third kappa shape index (κ3) is 4.14. The molecular formula is C19H19F3N4O2. The monoisotopic (exact) mass is 392 g/mol. The average molecular weight is 392 g/mol. The number of amides is 2. The Labute approximate surface area is 160 Å². The Balaban J connectivity index is 1.73. The van der Waals surface area contributed by atoms with Crippen LogP contribution in [0.25, 0.3) is 0 Å². The maximum atomic E-state index is 13.7. The Morgan fingerprint density at radius 1 is 1.04 bits per heavy atom. The molecule has 1 aliphatic heterocycles. The van der Waals surface area contributed by atoms with Crippen molar-refractivity contribution in [2.24, 2.45) is 0 Å². The number of carbonyl (C=O) groups excluding carboxylic acids is 2. The highest BCUT2D eigenvalue weighted by atomic mass is 19.2. The van der Waals surface area contributed by atoms with Crippen molar-refractivity contribution >= 4 is 17.5 Å². The molecule has 0 aliphatic carbocycles. The van der Waals surface area contributed by atoms with Crippen LogP contribution in [0.5, 0.6) is 0 Å². The molecule has 0 saturated carbocycles. The molecule has 9 heteroatoms. The van der Waals surface area contributed by atoms with Gasteiger partial charge in [0.25, 0.3) is 11.8 Å². The van der Waals surface area contributed by atoms with Gasteiger partial charge in [-0.1, -0.05) is 6.92 Å². The first-order chi connectivity index (χ1) is 13.4. The Morgan fingerprint density at radius 3 is 2.39 bits per heavy atom. The molecule has 1 aromatic heterocycles. The number of anilines is 1. The molecule has 148 valence electrons. The summed E-state index contributed by atoms with van der Waals surface area (Å²) in [6.45, 7) is 5.65. The van der Waals surface area contributed by atoms with Gasteiger partial charge in [-0.15, -0.1) is 0 Å². The van der Waals surface area contributed by atoms with Gasteiger partial charge in [0.2, 0.25) is 0 Å². The Bertz CT molecular complexity index is 899. The maximum Gasteiger partial charge on any atom is 0.257 e. The molecule has 2 amide bonds. The average Bonchev–Trinajstić information content (AvgIpc) is 2.73. The van der Waals surface area contributed by atoms with Crippen LogP contribution in [-0.2, 0) is 0 Å². The summed E-state index contributed by atoms with van der Waals surface area (Å²) in [5.41, 5.74) is -0.276. The predicted octanol–water partition coefficient (Wildman–Crippen LogP) is 2.53. The van der Waals surface area contributed by atoms with E-state index < -0.39 is 29.0 Å². The number of benzene rings is 1. The molecule has 1 aromatic carbocycles. The van der Waals surface area contributed by atoms with E-state index in [4.69, 9.17) is 0 Å². The van der Waals surface area contributed by atoms with Crippen molar-refractivity contribution < 1.29 is 22.8 Å². The van der Waals surface area contributed by atoms with E-state index in [1.165, 1.54) is 18.5 Å². The van der Waals surface area contributed by atoms with Crippen LogP contribution in [0.2, 0.25) is 0 Å². The van der Waals surface area contributed by atoms with Crippen LogP contribution >= 0.6 is 0 Å². The summed E-state index contributed by atoms with van der Waals surface area (Å²) < 4.78 is 40.0. The fourth-order valence-corrected chi connectivity index (χ4v) is 2.95. The normalized spacial score (nSPS) is 14.8. The number of halogens is 3. The molecule has 1 fully saturated rings. The molecule has 3 rings (SSSR count). The van der Waals surface area contributed by atoms with E-state index in [0.29, 0.717) is 19.2 Å². The summed E-state index contributed by atoms with van der Waals surface area (Å²) >= 11 is 0. The van der Waals surface area contributed by atoms with Crippen molar-refractivity contribution in [3.05, 3.63) is 59.2 Å². The number of hydrogen-bond donors (Lipinski definition) is 1. The second-order valence-corrected chi connectivity index (χ2v) is 6.37. The van der Waals surface area contributed by atoms with E-state index in [2.05, 4.69) is 22.1 Å². The lowest BCUT2D eigenvalue weighted by molar-refractivity contribution is 0.0643. The van der Waals surface area contributed by atoms with Gasteiger partial charge in [-0.05, 0) is 24.7 Å². The summed E-state index contributed by atoms with van der Waals surface area (Å²) in [5.74, 6) is -5.57. The molecule has 0 bridgehead atoms. The van der Waals surface area contributed by atoms with Gasteiger partial charge in [-0.2, -0.15) is 0 Å². The van der Waals surface area contributed by atoms with Gasteiger partial charge >= 0.3 is 0 Å². The summed E-state index contributed by atoms with van der Waals surface area (Å²) in [6.07, 6.45) is 2.56. The van der Waals surface area contributed by atoms with E-state index in [0.717, 1.165) is 25.7 Å². The van der Waals surface area contributed by atoms with Gasteiger partial charge in [-0.3, -0.25) is 14.6 Å². The minimum atomic E-state index is -1.67. The third-order valence-electron chi connectivity index (χ3n) is 4.64. The molecule has 28 heavy (non-hydrogen) atoms. The largest absolute Gasteiger partial charge is 0.336 e. The molecule has 2 aromatic rings. The van der Waals surface area contributed by atoms with E-state index in [9.17, 15) is 22.8 Å². The maximum absolute atomic E-state index is 13.7. The van der Waals surface area contributed by atoms with Crippen LogP contribution < -0.4 is 5.32 Å². The zero-order valence-electron chi connectivity index (χ0n) is 15.2. The standard InChI is InChI=1S/C19H19F3N4O2/c1-2-25-5-7-26(8-6-25)19(28)13-9-12(10-23-11-13)18(27)24-15-4-3-14(20)16(21)17(15)22/h3-4,9-11H,2,5-8H2,1H3,(H,24,27). The Kier molecular flexibility index (Phi) is 5.93. The highest BCUT2D eigenvalue weighted by Gasteiger charge is 2.23. The first-order valence-corrected chi connectivity index (χ1v) is 8.82. The molecule has 0 unspecified atom stereocenters. The quantitative estimate of drug-likeness (QED) is 0.813. The van der Waals surface area contributed by atoms with Crippen LogP contribution in [0.4, 0.5) is 18.9 Å². The fraction of sp³-hybridized carbons (Fsp3) is 0.316. The lowest BCUT2D eigenvalue weighted by atomic mass is 10.1. The van der Waals surface area contributed by atoms with Gasteiger partial charge in [-0.25, -0.2) is 13.2 Å². The number of nitrogens with one attached hydrogen (secondary N) is 1. The molecular weight excluding hydrogens is 373 g/mol. The van der Waals surface area contributed by atoms with Crippen LogP contribution in [0.1, 0.15) is 27.6 Å². The lowest BCUT2D eigenvalue weighted by Gasteiger charge is -2.34. The number of likely N-dealkylation sites (N-methyl/N-ethyl adjacent to an activating group) is 1. The van der Waals surface area contributed by atoms with E-state index in [1.54, 1.807) is 4.90 Å². The van der Waals surface area contributed by atoms with Crippen LogP contribution in [0.3, 0.4) is 0 Å². The van der Waals surface area contributed by atoms with Crippen LogP contribution in [0, 0.1) is 17.5 Å². The summed E-state index contributed by atoms with van der Waals surface area (Å²) in [5, 5.41) is 2.16.